The van der Waals surface area contributed by atoms with Gasteiger partial charge in [-0.05, 0) is 24.6 Å². The molecule has 1 aromatic carbocycles. The standard InChI is InChI=1S/C10H11BrO3/c1-6-3-9(13)4-8(10(6)11)5-14-7(2)12/h3-4,13H,5H2,1-2H3. The van der Waals surface area contributed by atoms with Gasteiger partial charge in [0.1, 0.15) is 12.4 Å². The van der Waals surface area contributed by atoms with Gasteiger partial charge in [0, 0.05) is 17.0 Å². The van der Waals surface area contributed by atoms with Gasteiger partial charge in [-0.25, -0.2) is 0 Å². The predicted octanol–water partition coefficient (Wildman–Crippen LogP) is 2.53. The van der Waals surface area contributed by atoms with Gasteiger partial charge >= 0.3 is 5.97 Å². The molecule has 14 heavy (non-hydrogen) atoms. The minimum Gasteiger partial charge on any atom is -0.508 e. The first-order chi connectivity index (χ1) is 6.50. The van der Waals surface area contributed by atoms with E-state index in [1.165, 1.54) is 6.92 Å². The zero-order valence-electron chi connectivity index (χ0n) is 8.00. The lowest BCUT2D eigenvalue weighted by Gasteiger charge is -2.08. The molecule has 0 aliphatic carbocycles. The van der Waals surface area contributed by atoms with Crippen molar-refractivity contribution in [3.63, 3.8) is 0 Å². The Balaban J connectivity index is 2.90. The molecule has 0 spiro atoms. The highest BCUT2D eigenvalue weighted by molar-refractivity contribution is 9.10. The van der Waals surface area contributed by atoms with E-state index in [1.54, 1.807) is 12.1 Å². The molecule has 0 unspecified atom stereocenters. The van der Waals surface area contributed by atoms with E-state index in [0.717, 1.165) is 15.6 Å². The number of phenolic OH excluding ortho intramolecular Hbond substituents is 1. The second kappa shape index (κ2) is 4.46. The van der Waals surface area contributed by atoms with Crippen molar-refractivity contribution in [1.29, 1.82) is 0 Å². The van der Waals surface area contributed by atoms with Crippen molar-refractivity contribution in [2.45, 2.75) is 20.5 Å². The number of benzene rings is 1. The minimum absolute atomic E-state index is 0.172. The number of phenols is 1. The van der Waals surface area contributed by atoms with Crippen LogP contribution in [0.15, 0.2) is 16.6 Å². The Hall–Kier alpha value is -1.03. The Morgan fingerprint density at radius 3 is 2.79 bits per heavy atom. The maximum atomic E-state index is 10.6. The summed E-state index contributed by atoms with van der Waals surface area (Å²) in [5, 5.41) is 9.32. The highest BCUT2D eigenvalue weighted by Crippen LogP contribution is 2.26. The molecule has 76 valence electrons. The van der Waals surface area contributed by atoms with Crippen LogP contribution in [0.4, 0.5) is 0 Å². The average molecular weight is 259 g/mol. The lowest BCUT2D eigenvalue weighted by atomic mass is 10.1. The summed E-state index contributed by atoms with van der Waals surface area (Å²) in [5.74, 6) is -0.161. The molecule has 0 atom stereocenters. The van der Waals surface area contributed by atoms with Crippen molar-refractivity contribution in [2.75, 3.05) is 0 Å². The number of aryl methyl sites for hydroxylation is 1. The van der Waals surface area contributed by atoms with Crippen LogP contribution in [0.1, 0.15) is 18.1 Å². The molecule has 0 saturated carbocycles. The number of rotatable bonds is 2. The van der Waals surface area contributed by atoms with Crippen molar-refractivity contribution in [1.82, 2.24) is 0 Å². The lowest BCUT2D eigenvalue weighted by Crippen LogP contribution is -2.00. The molecule has 0 saturated heterocycles. The van der Waals surface area contributed by atoms with Crippen LogP contribution in [-0.2, 0) is 16.1 Å². The van der Waals surface area contributed by atoms with E-state index in [4.69, 9.17) is 4.74 Å². The van der Waals surface area contributed by atoms with E-state index >= 15 is 0 Å². The minimum atomic E-state index is -0.335. The van der Waals surface area contributed by atoms with Crippen LogP contribution >= 0.6 is 15.9 Å². The topological polar surface area (TPSA) is 46.5 Å². The first-order valence-electron chi connectivity index (χ1n) is 4.12. The fourth-order valence-electron chi connectivity index (χ4n) is 1.11. The number of halogens is 1. The van der Waals surface area contributed by atoms with Gasteiger partial charge in [-0.2, -0.15) is 0 Å². The number of esters is 1. The highest BCUT2D eigenvalue weighted by Gasteiger charge is 2.06. The predicted molar refractivity (Wildman–Crippen MR) is 56.0 cm³/mol. The van der Waals surface area contributed by atoms with Gasteiger partial charge in [-0.3, -0.25) is 4.79 Å². The molecule has 1 aromatic rings. The second-order valence-corrected chi connectivity index (χ2v) is 3.81. The third kappa shape index (κ3) is 2.73. The van der Waals surface area contributed by atoms with Crippen LogP contribution in [0.5, 0.6) is 5.75 Å². The van der Waals surface area contributed by atoms with Crippen LogP contribution in [0.3, 0.4) is 0 Å². The molecule has 4 heteroatoms. The van der Waals surface area contributed by atoms with Crippen molar-refractivity contribution in [2.24, 2.45) is 0 Å². The first-order valence-corrected chi connectivity index (χ1v) is 4.91. The van der Waals surface area contributed by atoms with Gasteiger partial charge in [0.05, 0.1) is 0 Å². The van der Waals surface area contributed by atoms with Gasteiger partial charge in [0.15, 0.2) is 0 Å². The number of ether oxygens (including phenoxy) is 1. The highest BCUT2D eigenvalue weighted by atomic mass is 79.9. The fourth-order valence-corrected chi connectivity index (χ4v) is 1.45. The summed E-state index contributed by atoms with van der Waals surface area (Å²) in [7, 11) is 0. The third-order valence-electron chi connectivity index (χ3n) is 1.75. The number of carbonyl (C=O) groups is 1. The van der Waals surface area contributed by atoms with Gasteiger partial charge < -0.3 is 9.84 Å². The first kappa shape index (κ1) is 11.0. The van der Waals surface area contributed by atoms with E-state index in [1.807, 2.05) is 6.92 Å². The van der Waals surface area contributed by atoms with Crippen LogP contribution in [-0.4, -0.2) is 11.1 Å². The largest absolute Gasteiger partial charge is 0.508 e. The molecule has 0 aliphatic rings. The molecule has 1 N–H and O–H groups in total. The van der Waals surface area contributed by atoms with Gasteiger partial charge in [-0.1, -0.05) is 15.9 Å². The lowest BCUT2D eigenvalue weighted by molar-refractivity contribution is -0.142. The van der Waals surface area contributed by atoms with Crippen LogP contribution in [0.2, 0.25) is 0 Å². The summed E-state index contributed by atoms with van der Waals surface area (Å²) >= 11 is 3.36. The van der Waals surface area contributed by atoms with Crippen LogP contribution < -0.4 is 0 Å². The summed E-state index contributed by atoms with van der Waals surface area (Å²) in [6, 6.07) is 3.21. The van der Waals surface area contributed by atoms with Crippen molar-refractivity contribution in [3.8, 4) is 5.75 Å². The molecular formula is C10H11BrO3. The Labute approximate surface area is 90.8 Å². The summed E-state index contributed by atoms with van der Waals surface area (Å²) in [4.78, 5) is 10.6. The molecular weight excluding hydrogens is 248 g/mol. The Morgan fingerprint density at radius 1 is 1.57 bits per heavy atom. The van der Waals surface area contributed by atoms with E-state index < -0.39 is 0 Å². The quantitative estimate of drug-likeness (QED) is 0.830. The van der Waals surface area contributed by atoms with E-state index in [9.17, 15) is 9.90 Å². The Kier molecular flexibility index (Phi) is 3.52. The molecule has 0 aliphatic heterocycles. The second-order valence-electron chi connectivity index (χ2n) is 3.02. The number of hydrogen-bond acceptors (Lipinski definition) is 3. The van der Waals surface area contributed by atoms with Crippen LogP contribution in [0.25, 0.3) is 0 Å². The fraction of sp³-hybridized carbons (Fsp3) is 0.300. The molecule has 0 amide bonds. The normalized spacial score (nSPS) is 9.93. The third-order valence-corrected chi connectivity index (χ3v) is 2.88. The number of aromatic hydroxyl groups is 1. The maximum absolute atomic E-state index is 10.6. The maximum Gasteiger partial charge on any atom is 0.302 e. The van der Waals surface area contributed by atoms with E-state index in [-0.39, 0.29) is 18.3 Å². The number of hydrogen-bond donors (Lipinski definition) is 1. The van der Waals surface area contributed by atoms with E-state index in [2.05, 4.69) is 15.9 Å². The molecule has 3 nitrogen and oxygen atoms in total. The monoisotopic (exact) mass is 258 g/mol. The van der Waals surface area contributed by atoms with Crippen molar-refractivity contribution < 1.29 is 14.6 Å². The zero-order chi connectivity index (χ0) is 10.7. The van der Waals surface area contributed by atoms with Crippen molar-refractivity contribution >= 4 is 21.9 Å². The van der Waals surface area contributed by atoms with Crippen molar-refractivity contribution in [3.05, 3.63) is 27.7 Å². The molecule has 0 fully saturated rings. The smallest absolute Gasteiger partial charge is 0.302 e. The van der Waals surface area contributed by atoms with Gasteiger partial charge in [0.25, 0.3) is 0 Å². The van der Waals surface area contributed by atoms with E-state index in [0.29, 0.717) is 0 Å². The molecule has 0 radical (unpaired) electrons. The Bertz CT molecular complexity index is 361. The molecule has 0 bridgehead atoms. The van der Waals surface area contributed by atoms with Gasteiger partial charge in [0.2, 0.25) is 0 Å². The summed E-state index contributed by atoms with van der Waals surface area (Å²) in [6.45, 7) is 3.38. The molecule has 0 aromatic heterocycles. The molecule has 1 rings (SSSR count). The average Bonchev–Trinajstić information content (AvgIpc) is 2.08. The molecule has 0 heterocycles. The van der Waals surface area contributed by atoms with Gasteiger partial charge in [-0.15, -0.1) is 0 Å². The summed E-state index contributed by atoms with van der Waals surface area (Å²) in [6.07, 6.45) is 0. The van der Waals surface area contributed by atoms with Crippen LogP contribution in [0, 0.1) is 6.92 Å². The summed E-state index contributed by atoms with van der Waals surface area (Å²) < 4.78 is 5.70. The summed E-state index contributed by atoms with van der Waals surface area (Å²) in [5.41, 5.74) is 1.67. The number of carbonyl (C=O) groups excluding carboxylic acids is 1. The zero-order valence-corrected chi connectivity index (χ0v) is 9.59. The Morgan fingerprint density at radius 2 is 2.21 bits per heavy atom. The SMILES string of the molecule is CC(=O)OCc1cc(O)cc(C)c1Br.